The molecule has 1 amide bonds. The molecule has 2 heterocycles. The molecule has 3 unspecified atom stereocenters. The Morgan fingerprint density at radius 3 is 2.78 bits per heavy atom. The average molecular weight is 446 g/mol. The number of ether oxygens (including phenoxy) is 2. The molecule has 32 heavy (non-hydrogen) atoms. The van der Waals surface area contributed by atoms with E-state index in [0.29, 0.717) is 12.4 Å². The van der Waals surface area contributed by atoms with Crippen molar-refractivity contribution in [2.45, 2.75) is 84.2 Å². The molecule has 1 aliphatic heterocycles. The van der Waals surface area contributed by atoms with Crippen LogP contribution >= 0.6 is 0 Å². The van der Waals surface area contributed by atoms with E-state index in [-0.39, 0.29) is 18.2 Å². The summed E-state index contributed by atoms with van der Waals surface area (Å²) < 4.78 is 13.4. The lowest BCUT2D eigenvalue weighted by atomic mass is 10.2. The van der Waals surface area contributed by atoms with Crippen LogP contribution in [0.2, 0.25) is 0 Å². The second kappa shape index (κ2) is 9.81. The van der Waals surface area contributed by atoms with E-state index in [1.807, 2.05) is 50.5 Å². The van der Waals surface area contributed by atoms with Gasteiger partial charge in [-0.2, -0.15) is 5.10 Å². The lowest BCUT2D eigenvalue weighted by Gasteiger charge is -2.22. The number of likely N-dealkylation sites (N-methyl/N-ethyl adjacent to an activating group) is 1. The van der Waals surface area contributed by atoms with Crippen LogP contribution in [0.15, 0.2) is 16.2 Å². The van der Waals surface area contributed by atoms with Crippen LogP contribution < -0.4 is 5.32 Å². The second-order valence-corrected chi connectivity index (χ2v) is 9.21. The Labute approximate surface area is 189 Å². The Hall–Kier alpha value is -2.75. The molecule has 0 saturated heterocycles. The molecule has 2 aliphatic rings. The summed E-state index contributed by atoms with van der Waals surface area (Å²) >= 11 is 0. The topological polar surface area (TPSA) is 117 Å². The van der Waals surface area contributed by atoms with Crippen LogP contribution in [0.1, 0.15) is 58.2 Å². The SMILES string of the molecule is CCn1ncc(C2=NC(COC3CCC(NC(=O)OC(C)(C)C)C3)C(=NC=N)N2C)c1C. The van der Waals surface area contributed by atoms with Crippen molar-refractivity contribution >= 4 is 24.1 Å². The number of aliphatic imine (C=N–C) groups is 2. The van der Waals surface area contributed by atoms with Crippen molar-refractivity contribution in [3.05, 3.63) is 17.5 Å². The zero-order valence-corrected chi connectivity index (χ0v) is 19.9. The van der Waals surface area contributed by atoms with E-state index < -0.39 is 11.7 Å². The zero-order chi connectivity index (χ0) is 23.5. The molecule has 10 nitrogen and oxygen atoms in total. The van der Waals surface area contributed by atoms with Crippen LogP contribution in [0.25, 0.3) is 0 Å². The Morgan fingerprint density at radius 1 is 1.41 bits per heavy atom. The number of hydrogen-bond acceptors (Lipinski definition) is 6. The molecule has 1 aromatic rings. The van der Waals surface area contributed by atoms with Gasteiger partial charge in [0.2, 0.25) is 0 Å². The highest BCUT2D eigenvalue weighted by molar-refractivity contribution is 6.16. The first-order valence-electron chi connectivity index (χ1n) is 11.1. The van der Waals surface area contributed by atoms with Crippen molar-refractivity contribution in [3.63, 3.8) is 0 Å². The summed E-state index contributed by atoms with van der Waals surface area (Å²) in [4.78, 5) is 23.0. The predicted octanol–water partition coefficient (Wildman–Crippen LogP) is 2.74. The van der Waals surface area contributed by atoms with Crippen LogP contribution in [0.4, 0.5) is 4.79 Å². The molecule has 1 saturated carbocycles. The normalized spacial score (nSPS) is 24.7. The third-order valence-corrected chi connectivity index (χ3v) is 5.67. The number of nitrogens with zero attached hydrogens (tertiary/aromatic N) is 5. The van der Waals surface area contributed by atoms with Gasteiger partial charge in [0.15, 0.2) is 0 Å². The fraction of sp³-hybridized carbons (Fsp3) is 0.682. The van der Waals surface area contributed by atoms with Gasteiger partial charge in [-0.25, -0.2) is 9.79 Å². The largest absolute Gasteiger partial charge is 0.444 e. The molecular formula is C22H35N7O3. The van der Waals surface area contributed by atoms with Crippen molar-refractivity contribution in [1.29, 1.82) is 5.41 Å². The minimum atomic E-state index is -0.515. The zero-order valence-electron chi connectivity index (χ0n) is 19.9. The summed E-state index contributed by atoms with van der Waals surface area (Å²) in [6.07, 6.45) is 4.94. The van der Waals surface area contributed by atoms with Crippen LogP contribution in [-0.2, 0) is 16.0 Å². The standard InChI is InChI=1S/C22H35N7O3/c1-7-29-14(2)17(11-25-29)19-27-18(20(24-13-23)28(19)6)12-31-16-9-8-15(10-16)26-21(30)32-22(3,4)5/h11,13,15-16,18,23H,7-10,12H2,1-6H3,(H,26,30). The van der Waals surface area contributed by atoms with Crippen molar-refractivity contribution in [1.82, 2.24) is 20.0 Å². The number of aryl methyl sites for hydroxylation is 1. The highest BCUT2D eigenvalue weighted by Gasteiger charge is 2.34. The lowest BCUT2D eigenvalue weighted by Crippen LogP contribution is -2.38. The molecule has 0 radical (unpaired) electrons. The van der Waals surface area contributed by atoms with E-state index in [4.69, 9.17) is 19.9 Å². The van der Waals surface area contributed by atoms with Gasteiger partial charge in [0.05, 0.1) is 24.5 Å². The number of nitrogens with one attached hydrogen (secondary N) is 2. The van der Waals surface area contributed by atoms with Gasteiger partial charge in [0.1, 0.15) is 29.7 Å². The van der Waals surface area contributed by atoms with Crippen LogP contribution in [0.5, 0.6) is 0 Å². The van der Waals surface area contributed by atoms with Crippen LogP contribution in [-0.4, -0.2) is 76.2 Å². The van der Waals surface area contributed by atoms with Crippen molar-refractivity contribution in [2.24, 2.45) is 9.98 Å². The van der Waals surface area contributed by atoms with E-state index in [0.717, 1.165) is 49.2 Å². The fourth-order valence-corrected chi connectivity index (χ4v) is 4.13. The average Bonchev–Trinajstić information content (AvgIpc) is 3.38. The third-order valence-electron chi connectivity index (χ3n) is 5.67. The van der Waals surface area contributed by atoms with E-state index in [2.05, 4.69) is 22.3 Å². The Morgan fingerprint density at radius 2 is 2.16 bits per heavy atom. The number of amidine groups is 2. The smallest absolute Gasteiger partial charge is 0.407 e. The van der Waals surface area contributed by atoms with Crippen molar-refractivity contribution < 1.29 is 14.3 Å². The summed E-state index contributed by atoms with van der Waals surface area (Å²) in [6.45, 7) is 10.8. The first kappa shape index (κ1) is 23.9. The lowest BCUT2D eigenvalue weighted by molar-refractivity contribution is 0.0462. The first-order chi connectivity index (χ1) is 15.1. The summed E-state index contributed by atoms with van der Waals surface area (Å²) in [5.74, 6) is 1.47. The highest BCUT2D eigenvalue weighted by atomic mass is 16.6. The van der Waals surface area contributed by atoms with Gasteiger partial charge in [0, 0.05) is 25.3 Å². The maximum absolute atomic E-state index is 12.0. The number of amides is 1. The van der Waals surface area contributed by atoms with Gasteiger partial charge in [-0.3, -0.25) is 15.1 Å². The molecular weight excluding hydrogens is 410 g/mol. The Balaban J connectivity index is 1.61. The molecule has 1 fully saturated rings. The number of aromatic nitrogens is 2. The van der Waals surface area contributed by atoms with Crippen LogP contribution in [0, 0.1) is 12.3 Å². The summed E-state index contributed by atoms with van der Waals surface area (Å²) in [5, 5.41) is 14.8. The number of alkyl carbamates (subject to hydrolysis) is 1. The molecule has 0 bridgehead atoms. The minimum absolute atomic E-state index is 0.0327. The van der Waals surface area contributed by atoms with Gasteiger partial charge in [0.25, 0.3) is 0 Å². The van der Waals surface area contributed by atoms with Gasteiger partial charge >= 0.3 is 6.09 Å². The van der Waals surface area contributed by atoms with E-state index >= 15 is 0 Å². The number of carbonyl (C=O) groups is 1. The van der Waals surface area contributed by atoms with E-state index in [9.17, 15) is 4.79 Å². The molecule has 10 heteroatoms. The summed E-state index contributed by atoms with van der Waals surface area (Å²) in [7, 11) is 1.90. The maximum atomic E-state index is 12.0. The summed E-state index contributed by atoms with van der Waals surface area (Å²) in [5.41, 5.74) is 1.48. The predicted molar refractivity (Wildman–Crippen MR) is 124 cm³/mol. The first-order valence-corrected chi connectivity index (χ1v) is 11.1. The molecule has 1 aromatic heterocycles. The second-order valence-electron chi connectivity index (χ2n) is 9.21. The molecule has 3 rings (SSSR count). The highest BCUT2D eigenvalue weighted by Crippen LogP contribution is 2.25. The third kappa shape index (κ3) is 5.53. The molecule has 3 atom stereocenters. The van der Waals surface area contributed by atoms with Gasteiger partial charge in [-0.05, 0) is 53.9 Å². The molecule has 1 aliphatic carbocycles. The van der Waals surface area contributed by atoms with Gasteiger partial charge < -0.3 is 19.7 Å². The van der Waals surface area contributed by atoms with E-state index in [1.165, 1.54) is 0 Å². The quantitative estimate of drug-likeness (QED) is 0.494. The van der Waals surface area contributed by atoms with E-state index in [1.54, 1.807) is 0 Å². The molecule has 0 aromatic carbocycles. The number of rotatable bonds is 7. The molecule has 2 N–H and O–H groups in total. The number of hydrogen-bond donors (Lipinski definition) is 2. The summed E-state index contributed by atoms with van der Waals surface area (Å²) in [6, 6.07) is -0.253. The number of carbonyl (C=O) groups excluding carboxylic acids is 1. The van der Waals surface area contributed by atoms with Gasteiger partial charge in [-0.15, -0.1) is 0 Å². The fourth-order valence-electron chi connectivity index (χ4n) is 4.13. The maximum Gasteiger partial charge on any atom is 0.407 e. The molecule has 0 spiro atoms. The Kier molecular flexibility index (Phi) is 7.33. The van der Waals surface area contributed by atoms with Crippen LogP contribution in [0.3, 0.4) is 0 Å². The minimum Gasteiger partial charge on any atom is -0.444 e. The Bertz CT molecular complexity index is 900. The monoisotopic (exact) mass is 445 g/mol. The van der Waals surface area contributed by atoms with Crippen molar-refractivity contribution in [2.75, 3.05) is 13.7 Å². The molecule has 176 valence electrons. The van der Waals surface area contributed by atoms with Gasteiger partial charge in [-0.1, -0.05) is 0 Å². The van der Waals surface area contributed by atoms with Crippen molar-refractivity contribution in [3.8, 4) is 0 Å².